The van der Waals surface area contributed by atoms with E-state index in [0.717, 1.165) is 6.61 Å². The third kappa shape index (κ3) is 0.519. The molecule has 0 aliphatic carbocycles. The fourth-order valence-corrected chi connectivity index (χ4v) is 0.825. The second-order valence-corrected chi connectivity index (χ2v) is 2.76. The first-order valence-electron chi connectivity index (χ1n) is 2.01. The van der Waals surface area contributed by atoms with Gasteiger partial charge < -0.3 is 4.74 Å². The molecule has 0 radical (unpaired) electrons. The van der Waals surface area contributed by atoms with Gasteiger partial charge in [0.25, 0.3) is 0 Å². The van der Waals surface area contributed by atoms with E-state index in [1.165, 1.54) is 16.7 Å². The largest absolute Gasteiger partial charge is 0.382 e. The van der Waals surface area contributed by atoms with E-state index in [2.05, 4.69) is 0 Å². The van der Waals surface area contributed by atoms with Crippen molar-refractivity contribution in [2.24, 2.45) is 0 Å². The summed E-state index contributed by atoms with van der Waals surface area (Å²) in [6.45, 7) is 1.02. The van der Waals surface area contributed by atoms with Crippen molar-refractivity contribution in [3.63, 3.8) is 0 Å². The minimum atomic E-state index is 0.704. The van der Waals surface area contributed by atoms with Crippen LogP contribution in [-0.2, 0) is 4.74 Å². The van der Waals surface area contributed by atoms with Crippen molar-refractivity contribution in [2.45, 2.75) is 12.1 Å². The summed E-state index contributed by atoms with van der Waals surface area (Å²) in [4.78, 5) is 0. The second kappa shape index (κ2) is 1.10. The molecule has 0 aromatic rings. The summed E-state index contributed by atoms with van der Waals surface area (Å²) in [7, 11) is 1.23. The Morgan fingerprint density at radius 2 is 2.20 bits per heavy atom. The van der Waals surface area contributed by atoms with Crippen molar-refractivity contribution in [1.29, 1.82) is 0 Å². The average molecular weight is 88.2 g/mol. The molecular weight excluding hydrogens is 80.1 g/mol. The molecule has 1 atom stereocenters. The summed E-state index contributed by atoms with van der Waals surface area (Å²) in [5.74, 6) is 0. The molecule has 1 aliphatic rings. The van der Waals surface area contributed by atoms with Crippen LogP contribution in [-0.4, -0.2) is 22.6 Å². The maximum absolute atomic E-state index is 4.99. The standard InChI is InChI=1S/C3H8OSi/c5-3-1-2-4-3/h3H,1-2H2,5H3. The maximum Gasteiger partial charge on any atom is 0.0486 e. The third-order valence-corrected chi connectivity index (χ3v) is 1.84. The normalized spacial score (nSPS) is 37.2. The molecule has 1 fully saturated rings. The monoisotopic (exact) mass is 88.0 g/mol. The molecule has 1 saturated heterocycles. The lowest BCUT2D eigenvalue weighted by atomic mass is 10.4. The second-order valence-electron chi connectivity index (χ2n) is 1.47. The van der Waals surface area contributed by atoms with Crippen molar-refractivity contribution in [3.05, 3.63) is 0 Å². The van der Waals surface area contributed by atoms with Gasteiger partial charge in [0, 0.05) is 22.6 Å². The Labute approximate surface area is 34.7 Å². The van der Waals surface area contributed by atoms with Crippen LogP contribution in [0.15, 0.2) is 0 Å². The SMILES string of the molecule is [SiH3]C1CCO1. The van der Waals surface area contributed by atoms with E-state index in [1.807, 2.05) is 0 Å². The zero-order valence-corrected chi connectivity index (χ0v) is 5.40. The van der Waals surface area contributed by atoms with Crippen LogP contribution in [0.2, 0.25) is 0 Å². The Balaban J connectivity index is 2.08. The van der Waals surface area contributed by atoms with Gasteiger partial charge in [0.2, 0.25) is 0 Å². The topological polar surface area (TPSA) is 9.23 Å². The summed E-state index contributed by atoms with van der Waals surface area (Å²) in [6.07, 6.45) is 1.33. The van der Waals surface area contributed by atoms with Crippen LogP contribution >= 0.6 is 0 Å². The molecule has 1 nitrogen and oxygen atoms in total. The summed E-state index contributed by atoms with van der Waals surface area (Å²) in [5, 5.41) is 0. The minimum Gasteiger partial charge on any atom is -0.382 e. The fourth-order valence-electron chi connectivity index (χ4n) is 0.354. The van der Waals surface area contributed by atoms with Gasteiger partial charge in [-0.2, -0.15) is 0 Å². The van der Waals surface area contributed by atoms with Gasteiger partial charge in [-0.1, -0.05) is 0 Å². The summed E-state index contributed by atoms with van der Waals surface area (Å²) in [5.41, 5.74) is 0.704. The van der Waals surface area contributed by atoms with Crippen LogP contribution < -0.4 is 0 Å². The predicted octanol–water partition coefficient (Wildman–Crippen LogP) is -0.902. The Morgan fingerprint density at radius 1 is 1.80 bits per heavy atom. The highest BCUT2D eigenvalue weighted by Crippen LogP contribution is 2.04. The van der Waals surface area contributed by atoms with Crippen molar-refractivity contribution in [1.82, 2.24) is 0 Å². The smallest absolute Gasteiger partial charge is 0.0486 e. The third-order valence-electron chi connectivity index (χ3n) is 0.927. The van der Waals surface area contributed by atoms with E-state index in [0.29, 0.717) is 5.73 Å². The maximum atomic E-state index is 4.99. The molecule has 1 unspecified atom stereocenters. The van der Waals surface area contributed by atoms with Crippen LogP contribution in [0.3, 0.4) is 0 Å². The van der Waals surface area contributed by atoms with E-state index >= 15 is 0 Å². The Morgan fingerprint density at radius 3 is 2.20 bits per heavy atom. The number of hydrogen-bond donors (Lipinski definition) is 0. The highest BCUT2D eigenvalue weighted by Gasteiger charge is 2.09. The molecule has 1 heterocycles. The molecule has 2 heteroatoms. The zero-order chi connectivity index (χ0) is 3.70. The van der Waals surface area contributed by atoms with Crippen LogP contribution in [0.25, 0.3) is 0 Å². The molecule has 0 saturated carbocycles. The number of ether oxygens (including phenoxy) is 1. The fraction of sp³-hybridized carbons (Fsp3) is 1.00. The number of hydrogen-bond acceptors (Lipinski definition) is 1. The Hall–Kier alpha value is 0.177. The van der Waals surface area contributed by atoms with Crippen molar-refractivity contribution < 1.29 is 4.74 Å². The molecule has 0 bridgehead atoms. The highest BCUT2D eigenvalue weighted by molar-refractivity contribution is 6.11. The molecule has 0 aromatic carbocycles. The van der Waals surface area contributed by atoms with E-state index in [4.69, 9.17) is 4.74 Å². The minimum absolute atomic E-state index is 0.704. The van der Waals surface area contributed by atoms with E-state index < -0.39 is 0 Å². The molecule has 0 N–H and O–H groups in total. The highest BCUT2D eigenvalue weighted by atomic mass is 28.1. The summed E-state index contributed by atoms with van der Waals surface area (Å²) < 4.78 is 4.99. The molecule has 0 spiro atoms. The van der Waals surface area contributed by atoms with Crippen LogP contribution in [0.4, 0.5) is 0 Å². The van der Waals surface area contributed by atoms with Crippen LogP contribution in [0, 0.1) is 0 Å². The van der Waals surface area contributed by atoms with Crippen LogP contribution in [0.1, 0.15) is 6.42 Å². The van der Waals surface area contributed by atoms with E-state index in [1.54, 1.807) is 0 Å². The van der Waals surface area contributed by atoms with Crippen molar-refractivity contribution in [3.8, 4) is 0 Å². The molecule has 5 heavy (non-hydrogen) atoms. The molecule has 1 aliphatic heterocycles. The summed E-state index contributed by atoms with van der Waals surface area (Å²) >= 11 is 0. The lowest BCUT2D eigenvalue weighted by Crippen LogP contribution is -2.26. The van der Waals surface area contributed by atoms with Gasteiger partial charge in [0.15, 0.2) is 0 Å². The van der Waals surface area contributed by atoms with Gasteiger partial charge in [-0.25, -0.2) is 0 Å². The molecule has 30 valence electrons. The first-order valence-corrected chi connectivity index (χ1v) is 3.16. The van der Waals surface area contributed by atoms with E-state index in [9.17, 15) is 0 Å². The first-order chi connectivity index (χ1) is 2.39. The van der Waals surface area contributed by atoms with Gasteiger partial charge in [0.1, 0.15) is 0 Å². The van der Waals surface area contributed by atoms with Gasteiger partial charge in [0.05, 0.1) is 0 Å². The summed E-state index contributed by atoms with van der Waals surface area (Å²) in [6, 6.07) is 0. The van der Waals surface area contributed by atoms with E-state index in [-0.39, 0.29) is 0 Å². The lowest BCUT2D eigenvalue weighted by Gasteiger charge is -2.21. The molecule has 0 amide bonds. The van der Waals surface area contributed by atoms with Gasteiger partial charge in [-0.15, -0.1) is 0 Å². The van der Waals surface area contributed by atoms with Crippen LogP contribution in [0.5, 0.6) is 0 Å². The molecule has 1 rings (SSSR count). The average Bonchev–Trinajstić information content (AvgIpc) is 1.30. The van der Waals surface area contributed by atoms with Crippen molar-refractivity contribution in [2.75, 3.05) is 6.61 Å². The Bertz CT molecular complexity index is 33.9. The lowest BCUT2D eigenvalue weighted by molar-refractivity contribution is 0.00392. The Kier molecular flexibility index (Phi) is 0.745. The van der Waals surface area contributed by atoms with Gasteiger partial charge >= 0.3 is 0 Å². The van der Waals surface area contributed by atoms with Gasteiger partial charge in [-0.3, -0.25) is 0 Å². The first kappa shape index (κ1) is 3.37. The molecular formula is C3H8OSi. The van der Waals surface area contributed by atoms with Crippen molar-refractivity contribution >= 4 is 10.2 Å². The predicted molar refractivity (Wildman–Crippen MR) is 24.3 cm³/mol. The molecule has 0 aromatic heterocycles. The zero-order valence-electron chi connectivity index (χ0n) is 3.40. The van der Waals surface area contributed by atoms with Gasteiger partial charge in [-0.05, 0) is 6.42 Å². The quantitative estimate of drug-likeness (QED) is 0.349. The number of rotatable bonds is 0.